The van der Waals surface area contributed by atoms with Crippen molar-refractivity contribution in [2.75, 3.05) is 38.7 Å². The summed E-state index contributed by atoms with van der Waals surface area (Å²) in [5.41, 5.74) is 0.0466. The molecule has 0 spiro atoms. The normalized spacial score (nSPS) is 12.0. The lowest BCUT2D eigenvalue weighted by atomic mass is 9.84. The molecule has 4 heteroatoms. The summed E-state index contributed by atoms with van der Waals surface area (Å²) in [5.74, 6) is 1.22. The standard InChI is InChI=1S/C11H22Cl2O2/c1-3-4-11(9-12,10-13)5-6-15-8-7-14-2/h3-10H2,1-2H3. The van der Waals surface area contributed by atoms with Gasteiger partial charge in [-0.05, 0) is 18.3 Å². The molecule has 0 aromatic rings. The van der Waals surface area contributed by atoms with Crippen molar-refractivity contribution in [1.29, 1.82) is 0 Å². The van der Waals surface area contributed by atoms with E-state index in [-0.39, 0.29) is 5.41 Å². The molecule has 0 fully saturated rings. The van der Waals surface area contributed by atoms with Crippen molar-refractivity contribution in [2.45, 2.75) is 26.2 Å². The van der Waals surface area contributed by atoms with Crippen LogP contribution >= 0.6 is 23.2 Å². The van der Waals surface area contributed by atoms with Crippen LogP contribution in [0.1, 0.15) is 26.2 Å². The number of methoxy groups -OCH3 is 1. The third-order valence-corrected chi connectivity index (χ3v) is 3.69. The number of ether oxygens (including phenoxy) is 2. The van der Waals surface area contributed by atoms with Gasteiger partial charge in [0.1, 0.15) is 0 Å². The minimum absolute atomic E-state index is 0.0466. The van der Waals surface area contributed by atoms with Gasteiger partial charge in [-0.25, -0.2) is 0 Å². The maximum Gasteiger partial charge on any atom is 0.0700 e. The lowest BCUT2D eigenvalue weighted by molar-refractivity contribution is 0.0556. The Kier molecular flexibility index (Phi) is 10.0. The van der Waals surface area contributed by atoms with Crippen molar-refractivity contribution in [3.8, 4) is 0 Å². The highest BCUT2D eigenvalue weighted by Gasteiger charge is 2.26. The van der Waals surface area contributed by atoms with E-state index in [1.807, 2.05) is 0 Å². The van der Waals surface area contributed by atoms with Crippen molar-refractivity contribution < 1.29 is 9.47 Å². The molecular weight excluding hydrogens is 235 g/mol. The molecule has 0 bridgehead atoms. The minimum atomic E-state index is 0.0466. The van der Waals surface area contributed by atoms with Crippen molar-refractivity contribution in [3.63, 3.8) is 0 Å². The quantitative estimate of drug-likeness (QED) is 0.441. The molecule has 0 aliphatic carbocycles. The second kappa shape index (κ2) is 9.71. The van der Waals surface area contributed by atoms with Gasteiger partial charge < -0.3 is 9.47 Å². The van der Waals surface area contributed by atoms with Crippen LogP contribution in [0.3, 0.4) is 0 Å². The number of rotatable bonds is 10. The Morgan fingerprint density at radius 2 is 1.67 bits per heavy atom. The highest BCUT2D eigenvalue weighted by molar-refractivity contribution is 6.21. The molecular formula is C11H22Cl2O2. The van der Waals surface area contributed by atoms with Crippen LogP contribution in [-0.4, -0.2) is 38.7 Å². The monoisotopic (exact) mass is 256 g/mol. The van der Waals surface area contributed by atoms with E-state index in [1.165, 1.54) is 0 Å². The van der Waals surface area contributed by atoms with Crippen LogP contribution in [0.15, 0.2) is 0 Å². The average Bonchev–Trinajstić information content (AvgIpc) is 2.27. The molecule has 0 heterocycles. The first-order valence-electron chi connectivity index (χ1n) is 5.43. The summed E-state index contributed by atoms with van der Waals surface area (Å²) < 4.78 is 10.3. The first kappa shape index (κ1) is 15.5. The molecule has 92 valence electrons. The fourth-order valence-electron chi connectivity index (χ4n) is 1.49. The van der Waals surface area contributed by atoms with Gasteiger partial charge in [-0.3, -0.25) is 0 Å². The van der Waals surface area contributed by atoms with Crippen LogP contribution in [-0.2, 0) is 9.47 Å². The van der Waals surface area contributed by atoms with E-state index in [0.29, 0.717) is 31.6 Å². The second-order valence-electron chi connectivity index (χ2n) is 3.87. The smallest absolute Gasteiger partial charge is 0.0700 e. The molecule has 0 N–H and O–H groups in total. The summed E-state index contributed by atoms with van der Waals surface area (Å²) in [6.45, 7) is 4.15. The van der Waals surface area contributed by atoms with Gasteiger partial charge >= 0.3 is 0 Å². The maximum absolute atomic E-state index is 5.98. The van der Waals surface area contributed by atoms with Crippen molar-refractivity contribution in [2.24, 2.45) is 5.41 Å². The van der Waals surface area contributed by atoms with E-state index in [9.17, 15) is 0 Å². The van der Waals surface area contributed by atoms with Crippen molar-refractivity contribution in [1.82, 2.24) is 0 Å². The molecule has 0 aliphatic heterocycles. The molecule has 0 radical (unpaired) electrons. The van der Waals surface area contributed by atoms with Gasteiger partial charge in [-0.15, -0.1) is 23.2 Å². The molecule has 0 aromatic heterocycles. The molecule has 0 aromatic carbocycles. The summed E-state index contributed by atoms with van der Waals surface area (Å²) >= 11 is 12.0. The average molecular weight is 257 g/mol. The maximum atomic E-state index is 5.98. The zero-order chi connectivity index (χ0) is 11.6. The van der Waals surface area contributed by atoms with Crippen molar-refractivity contribution >= 4 is 23.2 Å². The molecule has 0 atom stereocenters. The molecule has 0 saturated heterocycles. The Morgan fingerprint density at radius 1 is 1.00 bits per heavy atom. The summed E-state index contributed by atoms with van der Waals surface area (Å²) in [7, 11) is 1.67. The third-order valence-electron chi connectivity index (χ3n) is 2.56. The van der Waals surface area contributed by atoms with E-state index < -0.39 is 0 Å². The van der Waals surface area contributed by atoms with Crippen LogP contribution in [0.5, 0.6) is 0 Å². The molecule has 0 unspecified atom stereocenters. The third kappa shape index (κ3) is 6.62. The number of alkyl halides is 2. The van der Waals surface area contributed by atoms with E-state index in [1.54, 1.807) is 7.11 Å². The Labute approximate surface area is 103 Å². The van der Waals surface area contributed by atoms with Gasteiger partial charge in [0.2, 0.25) is 0 Å². The highest BCUT2D eigenvalue weighted by Crippen LogP contribution is 2.31. The predicted octanol–water partition coefficient (Wildman–Crippen LogP) is 3.30. The lowest BCUT2D eigenvalue weighted by Gasteiger charge is -2.29. The second-order valence-corrected chi connectivity index (χ2v) is 4.41. The lowest BCUT2D eigenvalue weighted by Crippen LogP contribution is -2.27. The highest BCUT2D eigenvalue weighted by atomic mass is 35.5. The fraction of sp³-hybridized carbons (Fsp3) is 1.00. The van der Waals surface area contributed by atoms with E-state index in [2.05, 4.69) is 6.92 Å². The molecule has 15 heavy (non-hydrogen) atoms. The zero-order valence-corrected chi connectivity index (χ0v) is 11.2. The summed E-state index contributed by atoms with van der Waals surface area (Å²) in [4.78, 5) is 0. The number of halogens is 2. The van der Waals surface area contributed by atoms with Crippen LogP contribution in [0.25, 0.3) is 0 Å². The van der Waals surface area contributed by atoms with Crippen LogP contribution in [0.2, 0.25) is 0 Å². The summed E-state index contributed by atoms with van der Waals surface area (Å²) in [6.07, 6.45) is 3.10. The molecule has 0 saturated carbocycles. The molecule has 0 aliphatic rings. The van der Waals surface area contributed by atoms with Gasteiger partial charge in [0, 0.05) is 25.5 Å². The number of hydrogen-bond acceptors (Lipinski definition) is 2. The Hall–Kier alpha value is 0.500. The van der Waals surface area contributed by atoms with Crippen LogP contribution < -0.4 is 0 Å². The molecule has 0 rings (SSSR count). The van der Waals surface area contributed by atoms with Gasteiger partial charge in [-0.2, -0.15) is 0 Å². The zero-order valence-electron chi connectivity index (χ0n) is 9.73. The van der Waals surface area contributed by atoms with Gasteiger partial charge in [0.25, 0.3) is 0 Å². The summed E-state index contributed by atoms with van der Waals surface area (Å²) in [5, 5.41) is 0. The summed E-state index contributed by atoms with van der Waals surface area (Å²) in [6, 6.07) is 0. The number of hydrogen-bond donors (Lipinski definition) is 0. The Balaban J connectivity index is 3.74. The predicted molar refractivity (Wildman–Crippen MR) is 66.1 cm³/mol. The Bertz CT molecular complexity index is 139. The molecule has 0 amide bonds. The molecule has 2 nitrogen and oxygen atoms in total. The van der Waals surface area contributed by atoms with E-state index in [4.69, 9.17) is 32.7 Å². The van der Waals surface area contributed by atoms with Crippen LogP contribution in [0.4, 0.5) is 0 Å². The van der Waals surface area contributed by atoms with Gasteiger partial charge in [0.05, 0.1) is 13.2 Å². The van der Waals surface area contributed by atoms with Gasteiger partial charge in [0.15, 0.2) is 0 Å². The topological polar surface area (TPSA) is 18.5 Å². The van der Waals surface area contributed by atoms with E-state index >= 15 is 0 Å². The van der Waals surface area contributed by atoms with Crippen molar-refractivity contribution in [3.05, 3.63) is 0 Å². The first-order chi connectivity index (χ1) is 7.24. The van der Waals surface area contributed by atoms with Gasteiger partial charge in [-0.1, -0.05) is 13.3 Å². The van der Waals surface area contributed by atoms with Crippen LogP contribution in [0, 0.1) is 5.41 Å². The fourth-order valence-corrected chi connectivity index (χ4v) is 2.31. The SMILES string of the molecule is CCCC(CCl)(CCl)CCOCCOC. The minimum Gasteiger partial charge on any atom is -0.382 e. The Morgan fingerprint density at radius 3 is 2.13 bits per heavy atom. The largest absolute Gasteiger partial charge is 0.382 e. The van der Waals surface area contributed by atoms with E-state index in [0.717, 1.165) is 19.3 Å². The first-order valence-corrected chi connectivity index (χ1v) is 6.50.